The highest BCUT2D eigenvalue weighted by molar-refractivity contribution is 7.80. The Morgan fingerprint density at radius 3 is 2.67 bits per heavy atom. The number of rotatable bonds is 6. The predicted molar refractivity (Wildman–Crippen MR) is 104 cm³/mol. The fourth-order valence-corrected chi connectivity index (χ4v) is 3.32. The Hall–Kier alpha value is -1.46. The number of nitrogens with zero attached hydrogens (tertiary/aromatic N) is 1. The molecule has 1 unspecified atom stereocenters. The van der Waals surface area contributed by atoms with Crippen LogP contribution in [-0.4, -0.2) is 35.6 Å². The van der Waals surface area contributed by atoms with E-state index in [1.807, 2.05) is 19.2 Å². The van der Waals surface area contributed by atoms with Crippen LogP contribution in [0.3, 0.4) is 0 Å². The fourth-order valence-electron chi connectivity index (χ4n) is 3.10. The third-order valence-corrected chi connectivity index (χ3v) is 4.79. The Morgan fingerprint density at radius 1 is 1.25 bits per heavy atom. The molecule has 0 saturated carbocycles. The molecule has 1 saturated heterocycles. The molecule has 1 atom stereocenters. The van der Waals surface area contributed by atoms with Gasteiger partial charge in [-0.2, -0.15) is 0 Å². The Labute approximate surface area is 151 Å². The van der Waals surface area contributed by atoms with Gasteiger partial charge in [0.15, 0.2) is 5.11 Å². The molecular formula is C19H29N3OS. The van der Waals surface area contributed by atoms with Crippen LogP contribution in [0.1, 0.15) is 51.0 Å². The van der Waals surface area contributed by atoms with E-state index in [9.17, 15) is 4.79 Å². The average Bonchev–Trinajstić information content (AvgIpc) is 2.57. The lowest BCUT2D eigenvalue weighted by atomic mass is 10.0. The summed E-state index contributed by atoms with van der Waals surface area (Å²) in [6.07, 6.45) is 8.01. The van der Waals surface area contributed by atoms with Crippen molar-refractivity contribution < 1.29 is 4.79 Å². The van der Waals surface area contributed by atoms with Gasteiger partial charge in [-0.1, -0.05) is 38.3 Å². The lowest BCUT2D eigenvalue weighted by molar-refractivity contribution is -0.125. The zero-order valence-corrected chi connectivity index (χ0v) is 15.6. The highest BCUT2D eigenvalue weighted by Crippen LogP contribution is 2.15. The van der Waals surface area contributed by atoms with Crippen LogP contribution in [0, 0.1) is 0 Å². The van der Waals surface area contributed by atoms with E-state index in [1.54, 1.807) is 0 Å². The van der Waals surface area contributed by atoms with Gasteiger partial charge in [0.05, 0.1) is 6.04 Å². The molecule has 2 rings (SSSR count). The number of amides is 1. The van der Waals surface area contributed by atoms with Gasteiger partial charge in [-0.3, -0.25) is 9.69 Å². The second-order valence-corrected chi connectivity index (χ2v) is 7.00. The molecular weight excluding hydrogens is 318 g/mol. The number of likely N-dealkylation sites (tertiary alicyclic amines) is 1. The van der Waals surface area contributed by atoms with Crippen LogP contribution in [0.2, 0.25) is 0 Å². The van der Waals surface area contributed by atoms with E-state index in [0.29, 0.717) is 5.11 Å². The SMILES string of the molecule is CCCCCc1ccc(NC(=S)NC(=O)C2CCCCN2C)cc1. The number of unbranched alkanes of at least 4 members (excludes halogenated alkanes) is 2. The molecule has 5 heteroatoms. The van der Waals surface area contributed by atoms with Gasteiger partial charge < -0.3 is 10.6 Å². The minimum atomic E-state index is -0.0700. The first-order valence-corrected chi connectivity index (χ1v) is 9.42. The summed E-state index contributed by atoms with van der Waals surface area (Å²) in [4.78, 5) is 14.4. The van der Waals surface area contributed by atoms with Gasteiger partial charge in [-0.25, -0.2) is 0 Å². The van der Waals surface area contributed by atoms with E-state index in [-0.39, 0.29) is 11.9 Å². The summed E-state index contributed by atoms with van der Waals surface area (Å²) in [5.74, 6) is -0.00844. The van der Waals surface area contributed by atoms with Crippen molar-refractivity contribution in [3.05, 3.63) is 29.8 Å². The summed E-state index contributed by atoms with van der Waals surface area (Å²) in [6.45, 7) is 3.19. The van der Waals surface area contributed by atoms with Gasteiger partial charge >= 0.3 is 0 Å². The molecule has 1 fully saturated rings. The van der Waals surface area contributed by atoms with Crippen LogP contribution in [0.5, 0.6) is 0 Å². The van der Waals surface area contributed by atoms with Gasteiger partial charge in [-0.05, 0) is 69.2 Å². The first-order valence-electron chi connectivity index (χ1n) is 9.01. The molecule has 1 amide bonds. The zero-order chi connectivity index (χ0) is 17.4. The fraction of sp³-hybridized carbons (Fsp3) is 0.579. The number of piperidine rings is 1. The smallest absolute Gasteiger partial charge is 0.243 e. The van der Waals surface area contributed by atoms with E-state index in [1.165, 1.54) is 24.8 Å². The summed E-state index contributed by atoms with van der Waals surface area (Å²) in [7, 11) is 2.00. The van der Waals surface area contributed by atoms with E-state index in [2.05, 4.69) is 34.6 Å². The lowest BCUT2D eigenvalue weighted by Gasteiger charge is -2.31. The monoisotopic (exact) mass is 347 g/mol. The number of nitrogens with one attached hydrogen (secondary N) is 2. The van der Waals surface area contributed by atoms with Crippen LogP contribution in [0.15, 0.2) is 24.3 Å². The molecule has 1 aliphatic rings. The van der Waals surface area contributed by atoms with Gasteiger partial charge in [0.2, 0.25) is 5.91 Å². The number of carbonyl (C=O) groups excluding carboxylic acids is 1. The molecule has 1 aromatic carbocycles. The summed E-state index contributed by atoms with van der Waals surface area (Å²) in [6, 6.07) is 8.22. The largest absolute Gasteiger partial charge is 0.332 e. The summed E-state index contributed by atoms with van der Waals surface area (Å²) in [5.41, 5.74) is 2.25. The van der Waals surface area contributed by atoms with Gasteiger partial charge in [0, 0.05) is 5.69 Å². The molecule has 1 aromatic rings. The lowest BCUT2D eigenvalue weighted by Crippen LogP contribution is -2.49. The van der Waals surface area contributed by atoms with E-state index < -0.39 is 0 Å². The van der Waals surface area contributed by atoms with Crippen molar-refractivity contribution in [1.29, 1.82) is 0 Å². The van der Waals surface area contributed by atoms with Crippen LogP contribution in [-0.2, 0) is 11.2 Å². The van der Waals surface area contributed by atoms with Crippen LogP contribution >= 0.6 is 12.2 Å². The highest BCUT2D eigenvalue weighted by Gasteiger charge is 2.26. The summed E-state index contributed by atoms with van der Waals surface area (Å²) in [5, 5.41) is 6.30. The summed E-state index contributed by atoms with van der Waals surface area (Å²) >= 11 is 5.28. The number of thiocarbonyl (C=S) groups is 1. The molecule has 1 aliphatic heterocycles. The van der Waals surface area contributed by atoms with Crippen LogP contribution in [0.4, 0.5) is 5.69 Å². The van der Waals surface area contributed by atoms with E-state index in [0.717, 1.165) is 37.9 Å². The van der Waals surface area contributed by atoms with Crippen molar-refractivity contribution in [3.8, 4) is 0 Å². The number of anilines is 1. The molecule has 2 N–H and O–H groups in total. The number of benzene rings is 1. The molecule has 0 spiro atoms. The molecule has 0 bridgehead atoms. The van der Waals surface area contributed by atoms with Crippen molar-refractivity contribution in [2.45, 2.75) is 57.9 Å². The van der Waals surface area contributed by atoms with Gasteiger partial charge in [-0.15, -0.1) is 0 Å². The molecule has 1 heterocycles. The van der Waals surface area contributed by atoms with Crippen molar-refractivity contribution in [2.24, 2.45) is 0 Å². The molecule has 0 radical (unpaired) electrons. The second-order valence-electron chi connectivity index (χ2n) is 6.59. The van der Waals surface area contributed by atoms with Crippen molar-refractivity contribution in [3.63, 3.8) is 0 Å². The molecule has 0 aliphatic carbocycles. The minimum Gasteiger partial charge on any atom is -0.332 e. The number of hydrogen-bond acceptors (Lipinski definition) is 3. The molecule has 24 heavy (non-hydrogen) atoms. The minimum absolute atomic E-state index is 0.00844. The number of likely N-dealkylation sites (N-methyl/N-ethyl adjacent to an activating group) is 1. The average molecular weight is 348 g/mol. The molecule has 4 nitrogen and oxygen atoms in total. The van der Waals surface area contributed by atoms with Crippen LogP contribution in [0.25, 0.3) is 0 Å². The summed E-state index contributed by atoms with van der Waals surface area (Å²) < 4.78 is 0. The Balaban J connectivity index is 1.80. The van der Waals surface area contributed by atoms with Gasteiger partial charge in [0.25, 0.3) is 0 Å². The normalized spacial score (nSPS) is 18.2. The Kier molecular flexibility index (Phi) is 7.66. The van der Waals surface area contributed by atoms with Crippen molar-refractivity contribution >= 4 is 28.9 Å². The van der Waals surface area contributed by atoms with E-state index in [4.69, 9.17) is 12.2 Å². The topological polar surface area (TPSA) is 44.4 Å². The predicted octanol–water partition coefficient (Wildman–Crippen LogP) is 3.72. The number of aryl methyl sites for hydroxylation is 1. The van der Waals surface area contributed by atoms with Crippen molar-refractivity contribution in [2.75, 3.05) is 18.9 Å². The maximum Gasteiger partial charge on any atom is 0.243 e. The quantitative estimate of drug-likeness (QED) is 0.608. The second kappa shape index (κ2) is 9.74. The first-order chi connectivity index (χ1) is 11.6. The standard InChI is InChI=1S/C19H29N3OS/c1-3-4-5-8-15-10-12-16(13-11-15)20-19(24)21-18(23)17-9-6-7-14-22(17)2/h10-13,17H,3-9,14H2,1-2H3,(H2,20,21,23,24). The van der Waals surface area contributed by atoms with Crippen molar-refractivity contribution in [1.82, 2.24) is 10.2 Å². The first kappa shape index (κ1) is 18.9. The number of carbonyl (C=O) groups is 1. The number of hydrogen-bond donors (Lipinski definition) is 2. The molecule has 132 valence electrons. The third-order valence-electron chi connectivity index (χ3n) is 4.59. The van der Waals surface area contributed by atoms with Crippen LogP contribution < -0.4 is 10.6 Å². The Bertz CT molecular complexity index is 544. The maximum absolute atomic E-state index is 12.3. The van der Waals surface area contributed by atoms with E-state index >= 15 is 0 Å². The maximum atomic E-state index is 12.3. The molecule has 0 aromatic heterocycles. The van der Waals surface area contributed by atoms with Gasteiger partial charge in [0.1, 0.15) is 0 Å². The highest BCUT2D eigenvalue weighted by atomic mass is 32.1. The third kappa shape index (κ3) is 5.87. The Morgan fingerprint density at radius 2 is 2.00 bits per heavy atom. The zero-order valence-electron chi connectivity index (χ0n) is 14.8.